The molecule has 1 amide bonds. The number of rotatable bonds is 2. The first kappa shape index (κ1) is 12.5. The number of nitrogens with one attached hydrogen (secondary N) is 4. The van der Waals surface area contributed by atoms with Crippen LogP contribution in [-0.2, 0) is 4.79 Å². The lowest BCUT2D eigenvalue weighted by molar-refractivity contribution is -0.110. The van der Waals surface area contributed by atoms with Gasteiger partial charge in [-0.05, 0) is 24.3 Å². The van der Waals surface area contributed by atoms with E-state index in [1.54, 1.807) is 12.3 Å². The molecule has 0 unspecified atom stereocenters. The highest BCUT2D eigenvalue weighted by atomic mass is 16.2. The Kier molecular flexibility index (Phi) is 2.62. The fourth-order valence-corrected chi connectivity index (χ4v) is 2.56. The molecular formula is C16H12N4O2. The summed E-state index contributed by atoms with van der Waals surface area (Å²) >= 11 is 0. The first-order chi connectivity index (χ1) is 10.7. The van der Waals surface area contributed by atoms with Crippen LogP contribution in [-0.4, -0.2) is 15.9 Å². The number of H-pyrrole nitrogens is 2. The van der Waals surface area contributed by atoms with E-state index in [0.29, 0.717) is 11.1 Å². The molecule has 0 fully saturated rings. The number of hydrogen-bond acceptors (Lipinski definition) is 3. The first-order valence-electron chi connectivity index (χ1n) is 6.80. The summed E-state index contributed by atoms with van der Waals surface area (Å²) in [5.41, 5.74) is 4.26. The lowest BCUT2D eigenvalue weighted by Gasteiger charge is -2.02. The van der Waals surface area contributed by atoms with Crippen LogP contribution >= 0.6 is 0 Å². The summed E-state index contributed by atoms with van der Waals surface area (Å²) in [5, 5.41) is 5.92. The molecule has 0 aliphatic carbocycles. The molecule has 108 valence electrons. The smallest absolute Gasteiger partial charge is 0.323 e. The van der Waals surface area contributed by atoms with Gasteiger partial charge in [0.05, 0.1) is 16.6 Å². The Morgan fingerprint density at radius 3 is 2.68 bits per heavy atom. The van der Waals surface area contributed by atoms with Gasteiger partial charge in [-0.2, -0.15) is 0 Å². The minimum Gasteiger partial charge on any atom is -0.361 e. The van der Waals surface area contributed by atoms with Crippen molar-refractivity contribution in [2.24, 2.45) is 0 Å². The molecule has 2 aromatic carbocycles. The highest BCUT2D eigenvalue weighted by Gasteiger charge is 2.23. The van der Waals surface area contributed by atoms with E-state index in [0.717, 1.165) is 22.5 Å². The summed E-state index contributed by atoms with van der Waals surface area (Å²) in [4.78, 5) is 28.6. The molecule has 1 aromatic heterocycles. The van der Waals surface area contributed by atoms with Crippen molar-refractivity contribution < 1.29 is 4.79 Å². The molecule has 0 radical (unpaired) electrons. The Balaban J connectivity index is 1.68. The average molecular weight is 292 g/mol. The molecule has 4 N–H and O–H groups in total. The molecule has 0 saturated carbocycles. The van der Waals surface area contributed by atoms with Crippen LogP contribution in [0.4, 0.5) is 11.4 Å². The Morgan fingerprint density at radius 1 is 0.955 bits per heavy atom. The number of fused-ring (bicyclic) bond motifs is 2. The Bertz CT molecular complexity index is 981. The third-order valence-corrected chi connectivity index (χ3v) is 3.61. The summed E-state index contributed by atoms with van der Waals surface area (Å²) < 4.78 is 0. The second-order valence-electron chi connectivity index (χ2n) is 5.04. The third kappa shape index (κ3) is 1.98. The van der Waals surface area contributed by atoms with Crippen LogP contribution in [0.25, 0.3) is 16.6 Å². The van der Waals surface area contributed by atoms with E-state index in [4.69, 9.17) is 0 Å². The van der Waals surface area contributed by atoms with Crippen LogP contribution in [0, 0.1) is 0 Å². The molecular weight excluding hydrogens is 280 g/mol. The molecule has 0 bridgehead atoms. The molecule has 4 rings (SSSR count). The maximum Gasteiger partial charge on any atom is 0.323 e. The Labute approximate surface area is 124 Å². The van der Waals surface area contributed by atoms with Crippen molar-refractivity contribution in [2.75, 3.05) is 10.6 Å². The molecule has 0 spiro atoms. The zero-order valence-corrected chi connectivity index (χ0v) is 11.4. The van der Waals surface area contributed by atoms with Gasteiger partial charge in [-0.1, -0.05) is 18.2 Å². The van der Waals surface area contributed by atoms with E-state index in [9.17, 15) is 9.59 Å². The second-order valence-corrected chi connectivity index (χ2v) is 5.04. The second kappa shape index (κ2) is 4.63. The van der Waals surface area contributed by atoms with Gasteiger partial charge in [-0.3, -0.25) is 4.79 Å². The van der Waals surface area contributed by atoms with E-state index in [-0.39, 0.29) is 11.6 Å². The Morgan fingerprint density at radius 2 is 1.77 bits per heavy atom. The van der Waals surface area contributed by atoms with Gasteiger partial charge >= 0.3 is 5.69 Å². The van der Waals surface area contributed by atoms with Crippen molar-refractivity contribution in [3.63, 3.8) is 0 Å². The maximum absolute atomic E-state index is 12.0. The number of hydrogen-bond donors (Lipinski definition) is 4. The van der Waals surface area contributed by atoms with Crippen LogP contribution in [0.2, 0.25) is 0 Å². The van der Waals surface area contributed by atoms with Crippen molar-refractivity contribution >= 4 is 33.9 Å². The molecule has 1 aliphatic rings. The lowest BCUT2D eigenvalue weighted by Crippen LogP contribution is -2.05. The van der Waals surface area contributed by atoms with Crippen molar-refractivity contribution in [1.82, 2.24) is 9.97 Å². The number of aromatic amines is 2. The van der Waals surface area contributed by atoms with Crippen molar-refractivity contribution in [3.8, 4) is 0 Å². The van der Waals surface area contributed by atoms with Gasteiger partial charge in [0.15, 0.2) is 0 Å². The van der Waals surface area contributed by atoms with Crippen LogP contribution < -0.4 is 16.3 Å². The average Bonchev–Trinajstić information content (AvgIpc) is 3.03. The molecule has 3 aromatic rings. The van der Waals surface area contributed by atoms with E-state index < -0.39 is 0 Å². The standard InChI is InChI=1S/C16H12N4O2/c21-15-11(10-3-1-2-4-12(10)18-15)8-17-9-5-6-13-14(7-9)20-16(22)19-13/h1-8,17H,(H,18,21)(H2,19,20,22). The van der Waals surface area contributed by atoms with Crippen molar-refractivity contribution in [3.05, 3.63) is 64.7 Å². The van der Waals surface area contributed by atoms with Gasteiger partial charge in [0.2, 0.25) is 0 Å². The molecule has 0 saturated heterocycles. The Hall–Kier alpha value is -3.28. The monoisotopic (exact) mass is 292 g/mol. The van der Waals surface area contributed by atoms with Crippen LogP contribution in [0.5, 0.6) is 0 Å². The molecule has 0 atom stereocenters. The predicted molar refractivity (Wildman–Crippen MR) is 85.6 cm³/mol. The molecule has 22 heavy (non-hydrogen) atoms. The van der Waals surface area contributed by atoms with Gasteiger partial charge in [-0.25, -0.2) is 4.79 Å². The fourth-order valence-electron chi connectivity index (χ4n) is 2.56. The number of carbonyl (C=O) groups is 1. The molecule has 6 heteroatoms. The molecule has 1 aliphatic heterocycles. The zero-order valence-electron chi connectivity index (χ0n) is 11.4. The normalized spacial score (nSPS) is 15.1. The van der Waals surface area contributed by atoms with Crippen LogP contribution in [0.1, 0.15) is 5.56 Å². The highest BCUT2D eigenvalue weighted by molar-refractivity contribution is 6.31. The number of anilines is 2. The van der Waals surface area contributed by atoms with E-state index >= 15 is 0 Å². The highest BCUT2D eigenvalue weighted by Crippen LogP contribution is 2.31. The van der Waals surface area contributed by atoms with Crippen molar-refractivity contribution in [2.45, 2.75) is 0 Å². The number of imidazole rings is 1. The topological polar surface area (TPSA) is 89.8 Å². The number of carbonyl (C=O) groups excluding carboxylic acids is 1. The largest absolute Gasteiger partial charge is 0.361 e. The summed E-state index contributed by atoms with van der Waals surface area (Å²) in [6.07, 6.45) is 1.67. The van der Waals surface area contributed by atoms with Gasteiger partial charge in [0, 0.05) is 23.1 Å². The van der Waals surface area contributed by atoms with E-state index in [2.05, 4.69) is 20.6 Å². The number of benzene rings is 2. The first-order valence-corrected chi connectivity index (χ1v) is 6.80. The minimum absolute atomic E-state index is 0.134. The van der Waals surface area contributed by atoms with Gasteiger partial charge in [0.1, 0.15) is 0 Å². The van der Waals surface area contributed by atoms with Crippen molar-refractivity contribution in [1.29, 1.82) is 0 Å². The number of para-hydroxylation sites is 1. The lowest BCUT2D eigenvalue weighted by atomic mass is 10.1. The minimum atomic E-state index is -0.241. The molecule has 2 heterocycles. The summed E-state index contributed by atoms with van der Waals surface area (Å²) in [6.45, 7) is 0. The summed E-state index contributed by atoms with van der Waals surface area (Å²) in [7, 11) is 0. The van der Waals surface area contributed by atoms with Crippen LogP contribution in [0.3, 0.4) is 0 Å². The van der Waals surface area contributed by atoms with Gasteiger partial charge < -0.3 is 20.6 Å². The predicted octanol–water partition coefficient (Wildman–Crippen LogP) is 2.26. The zero-order chi connectivity index (χ0) is 15.1. The summed E-state index contributed by atoms with van der Waals surface area (Å²) in [6, 6.07) is 13.0. The van der Waals surface area contributed by atoms with Gasteiger partial charge in [-0.15, -0.1) is 0 Å². The summed E-state index contributed by atoms with van der Waals surface area (Å²) in [5.74, 6) is -0.134. The number of aromatic nitrogens is 2. The van der Waals surface area contributed by atoms with Crippen LogP contribution in [0.15, 0.2) is 53.5 Å². The molecule has 6 nitrogen and oxygen atoms in total. The number of amides is 1. The fraction of sp³-hybridized carbons (Fsp3) is 0. The van der Waals surface area contributed by atoms with E-state index in [1.807, 2.05) is 36.4 Å². The van der Waals surface area contributed by atoms with E-state index in [1.165, 1.54) is 0 Å². The SMILES string of the molecule is O=C1Nc2ccccc2C1=CNc1ccc2[nH]c(=O)[nH]c2c1. The third-order valence-electron chi connectivity index (χ3n) is 3.61. The van der Waals surface area contributed by atoms with Gasteiger partial charge in [0.25, 0.3) is 5.91 Å². The quantitative estimate of drug-likeness (QED) is 0.546. The maximum atomic E-state index is 12.0.